The van der Waals surface area contributed by atoms with E-state index < -0.39 is 0 Å². The fourth-order valence-corrected chi connectivity index (χ4v) is 3.53. The van der Waals surface area contributed by atoms with Crippen LogP contribution in [0.15, 0.2) is 71.2 Å². The van der Waals surface area contributed by atoms with Crippen molar-refractivity contribution in [2.24, 2.45) is 0 Å². The molecule has 144 valence electrons. The smallest absolute Gasteiger partial charge is 0.165 e. The number of halogens is 3. The van der Waals surface area contributed by atoms with Crippen LogP contribution < -0.4 is 5.32 Å². The molecule has 0 aliphatic rings. The molecule has 0 amide bonds. The number of anilines is 1. The summed E-state index contributed by atoms with van der Waals surface area (Å²) in [7, 11) is 0. The Morgan fingerprint density at radius 3 is 2.25 bits per heavy atom. The van der Waals surface area contributed by atoms with Crippen molar-refractivity contribution in [3.05, 3.63) is 97.9 Å². The van der Waals surface area contributed by atoms with Crippen LogP contribution in [0.5, 0.6) is 0 Å². The maximum Gasteiger partial charge on any atom is 0.165 e. The van der Waals surface area contributed by atoms with Crippen LogP contribution in [0.2, 0.25) is 10.0 Å². The first kappa shape index (κ1) is 20.9. The molecule has 3 aromatic carbocycles. The molecule has 0 saturated carbocycles. The van der Waals surface area contributed by atoms with E-state index in [4.69, 9.17) is 23.2 Å². The standard InChI is InChI=1S/C23H20BrCl2NO/c1-2-15-3-10-19(11-4-15)27-22(17-7-12-20(25)21(26)13-17)14-23(28)16-5-8-18(24)9-6-16/h3-13,22,27H,2,14H2,1H3. The molecule has 3 rings (SSSR count). The number of carbonyl (C=O) groups is 1. The number of Topliss-reactive ketones (excluding diaryl/α,β-unsaturated/α-hetero) is 1. The zero-order chi connectivity index (χ0) is 20.1. The van der Waals surface area contributed by atoms with Gasteiger partial charge in [0.2, 0.25) is 0 Å². The Labute approximate surface area is 184 Å². The van der Waals surface area contributed by atoms with Crippen molar-refractivity contribution in [3.8, 4) is 0 Å². The summed E-state index contributed by atoms with van der Waals surface area (Å²) < 4.78 is 0.944. The second-order valence-electron chi connectivity index (χ2n) is 6.56. The van der Waals surface area contributed by atoms with E-state index in [1.807, 2.05) is 48.5 Å². The quantitative estimate of drug-likeness (QED) is 0.353. The lowest BCUT2D eigenvalue weighted by atomic mass is 9.97. The number of hydrogen-bond donors (Lipinski definition) is 1. The predicted octanol–water partition coefficient (Wildman–Crippen LogP) is 7.74. The number of benzene rings is 3. The van der Waals surface area contributed by atoms with E-state index in [0.29, 0.717) is 22.0 Å². The summed E-state index contributed by atoms with van der Waals surface area (Å²) in [6.07, 6.45) is 1.29. The van der Waals surface area contributed by atoms with Gasteiger partial charge in [0.15, 0.2) is 5.78 Å². The Balaban J connectivity index is 1.87. The summed E-state index contributed by atoms with van der Waals surface area (Å²) in [6, 6.07) is 20.9. The van der Waals surface area contributed by atoms with Crippen LogP contribution in [0.25, 0.3) is 0 Å². The van der Waals surface area contributed by atoms with Gasteiger partial charge in [0.1, 0.15) is 0 Å². The lowest BCUT2D eigenvalue weighted by Gasteiger charge is -2.21. The lowest BCUT2D eigenvalue weighted by Crippen LogP contribution is -2.16. The molecule has 0 aliphatic carbocycles. The van der Waals surface area contributed by atoms with Gasteiger partial charge < -0.3 is 5.32 Å². The van der Waals surface area contributed by atoms with Crippen LogP contribution in [-0.4, -0.2) is 5.78 Å². The fourth-order valence-electron chi connectivity index (χ4n) is 2.96. The van der Waals surface area contributed by atoms with Gasteiger partial charge in [-0.15, -0.1) is 0 Å². The largest absolute Gasteiger partial charge is 0.378 e. The number of aryl methyl sites for hydroxylation is 1. The molecule has 1 unspecified atom stereocenters. The second kappa shape index (κ2) is 9.60. The molecule has 3 aromatic rings. The van der Waals surface area contributed by atoms with Crippen LogP contribution in [-0.2, 0) is 6.42 Å². The second-order valence-corrected chi connectivity index (χ2v) is 8.29. The molecule has 0 saturated heterocycles. The molecule has 0 bridgehead atoms. The van der Waals surface area contributed by atoms with E-state index in [1.54, 1.807) is 6.07 Å². The summed E-state index contributed by atoms with van der Waals surface area (Å²) in [4.78, 5) is 12.9. The highest BCUT2D eigenvalue weighted by Crippen LogP contribution is 2.30. The third kappa shape index (κ3) is 5.38. The molecule has 0 radical (unpaired) electrons. The molecule has 0 aromatic heterocycles. The van der Waals surface area contributed by atoms with E-state index in [0.717, 1.165) is 22.1 Å². The summed E-state index contributed by atoms with van der Waals surface area (Å²) in [5.41, 5.74) is 3.82. The van der Waals surface area contributed by atoms with Gasteiger partial charge in [-0.25, -0.2) is 0 Å². The van der Waals surface area contributed by atoms with Crippen LogP contribution in [0.3, 0.4) is 0 Å². The van der Waals surface area contributed by atoms with E-state index in [2.05, 4.69) is 40.3 Å². The molecule has 5 heteroatoms. The first-order valence-electron chi connectivity index (χ1n) is 9.05. The monoisotopic (exact) mass is 475 g/mol. The summed E-state index contributed by atoms with van der Waals surface area (Å²) in [5.74, 6) is 0.0567. The van der Waals surface area contributed by atoms with Gasteiger partial charge in [-0.05, 0) is 53.9 Å². The van der Waals surface area contributed by atoms with E-state index >= 15 is 0 Å². The van der Waals surface area contributed by atoms with Gasteiger partial charge in [0.05, 0.1) is 16.1 Å². The molecule has 0 spiro atoms. The van der Waals surface area contributed by atoms with Crippen molar-refractivity contribution in [2.45, 2.75) is 25.8 Å². The predicted molar refractivity (Wildman–Crippen MR) is 122 cm³/mol. The molecule has 0 heterocycles. The van der Waals surface area contributed by atoms with Gasteiger partial charge in [-0.3, -0.25) is 4.79 Å². The zero-order valence-corrected chi connectivity index (χ0v) is 18.5. The van der Waals surface area contributed by atoms with Crippen molar-refractivity contribution >= 4 is 50.6 Å². The van der Waals surface area contributed by atoms with E-state index in [-0.39, 0.29) is 11.8 Å². The van der Waals surface area contributed by atoms with Crippen molar-refractivity contribution in [1.29, 1.82) is 0 Å². The minimum absolute atomic E-state index is 0.0567. The topological polar surface area (TPSA) is 29.1 Å². The summed E-state index contributed by atoms with van der Waals surface area (Å²) >= 11 is 15.7. The number of hydrogen-bond acceptors (Lipinski definition) is 2. The van der Waals surface area contributed by atoms with Gasteiger partial charge in [-0.1, -0.05) is 76.4 Å². The number of carbonyl (C=O) groups excluding carboxylic acids is 1. The SMILES string of the molecule is CCc1ccc(NC(CC(=O)c2ccc(Br)cc2)c2ccc(Cl)c(Cl)c2)cc1. The van der Waals surface area contributed by atoms with Gasteiger partial charge in [-0.2, -0.15) is 0 Å². The van der Waals surface area contributed by atoms with Gasteiger partial charge in [0.25, 0.3) is 0 Å². The maximum atomic E-state index is 12.9. The van der Waals surface area contributed by atoms with Gasteiger partial charge >= 0.3 is 0 Å². The van der Waals surface area contributed by atoms with Crippen molar-refractivity contribution < 1.29 is 4.79 Å². The Morgan fingerprint density at radius 1 is 0.964 bits per heavy atom. The fraction of sp³-hybridized carbons (Fsp3) is 0.174. The van der Waals surface area contributed by atoms with Crippen molar-refractivity contribution in [2.75, 3.05) is 5.32 Å². The highest BCUT2D eigenvalue weighted by molar-refractivity contribution is 9.10. The van der Waals surface area contributed by atoms with Crippen molar-refractivity contribution in [3.63, 3.8) is 0 Å². The van der Waals surface area contributed by atoms with Crippen molar-refractivity contribution in [1.82, 2.24) is 0 Å². The Morgan fingerprint density at radius 2 is 1.64 bits per heavy atom. The zero-order valence-electron chi connectivity index (χ0n) is 15.4. The first-order chi connectivity index (χ1) is 13.5. The summed E-state index contributed by atoms with van der Waals surface area (Å²) in [6.45, 7) is 2.12. The number of rotatable bonds is 7. The minimum atomic E-state index is -0.224. The molecular formula is C23H20BrCl2NO. The molecule has 0 aliphatic heterocycles. The molecule has 28 heavy (non-hydrogen) atoms. The average Bonchev–Trinajstić information content (AvgIpc) is 2.70. The molecule has 1 atom stereocenters. The highest BCUT2D eigenvalue weighted by atomic mass is 79.9. The van der Waals surface area contributed by atoms with Crippen LogP contribution >= 0.6 is 39.1 Å². The third-order valence-corrected chi connectivity index (χ3v) is 5.87. The molecule has 2 nitrogen and oxygen atoms in total. The molecule has 1 N–H and O–H groups in total. The number of nitrogens with one attached hydrogen (secondary N) is 1. The molecular weight excluding hydrogens is 457 g/mol. The average molecular weight is 477 g/mol. The van der Waals surface area contributed by atoms with Gasteiger partial charge in [0, 0.05) is 22.1 Å². The van der Waals surface area contributed by atoms with E-state index in [1.165, 1.54) is 5.56 Å². The van der Waals surface area contributed by atoms with Crippen LogP contribution in [0.1, 0.15) is 40.9 Å². The lowest BCUT2D eigenvalue weighted by molar-refractivity contribution is 0.0976. The maximum absolute atomic E-state index is 12.9. The third-order valence-electron chi connectivity index (χ3n) is 4.60. The molecule has 0 fully saturated rings. The van der Waals surface area contributed by atoms with E-state index in [9.17, 15) is 4.79 Å². The van der Waals surface area contributed by atoms with Crippen LogP contribution in [0.4, 0.5) is 5.69 Å². The van der Waals surface area contributed by atoms with Crippen LogP contribution in [0, 0.1) is 0 Å². The Bertz CT molecular complexity index is 955. The highest BCUT2D eigenvalue weighted by Gasteiger charge is 2.18. The minimum Gasteiger partial charge on any atom is -0.378 e. The number of ketones is 1. The Kier molecular flexibility index (Phi) is 7.17. The summed E-state index contributed by atoms with van der Waals surface area (Å²) in [5, 5.41) is 4.44. The first-order valence-corrected chi connectivity index (χ1v) is 10.6. The normalized spacial score (nSPS) is 11.9. The Hall–Kier alpha value is -1.81.